The van der Waals surface area contributed by atoms with Gasteiger partial charge in [0.15, 0.2) is 0 Å². The number of fused-ring (bicyclic) bond motifs is 3. The van der Waals surface area contributed by atoms with E-state index < -0.39 is 12.7 Å². The van der Waals surface area contributed by atoms with Gasteiger partial charge in [-0.05, 0) is 44.5 Å². The van der Waals surface area contributed by atoms with Gasteiger partial charge in [0.25, 0.3) is 0 Å². The van der Waals surface area contributed by atoms with Crippen LogP contribution in [-0.2, 0) is 0 Å². The summed E-state index contributed by atoms with van der Waals surface area (Å²) in [6, 6.07) is 14.3. The van der Waals surface area contributed by atoms with Gasteiger partial charge in [0.05, 0.1) is 23.6 Å². The highest BCUT2D eigenvalue weighted by Gasteiger charge is 2.37. The fourth-order valence-corrected chi connectivity index (χ4v) is 4.40. The minimum Gasteiger partial charge on any atom is -0.475 e. The van der Waals surface area contributed by atoms with E-state index in [4.69, 9.17) is 9.47 Å². The van der Waals surface area contributed by atoms with E-state index in [0.717, 1.165) is 16.8 Å². The number of ether oxygens (including phenoxy) is 2. The molecule has 0 aliphatic heterocycles. The average Bonchev–Trinajstić information content (AvgIpc) is 3.31. The number of aliphatic hydroxyl groups is 1. The third-order valence-electron chi connectivity index (χ3n) is 5.73. The summed E-state index contributed by atoms with van der Waals surface area (Å²) in [6.45, 7) is 0.956. The maximum atomic E-state index is 13.0. The van der Waals surface area contributed by atoms with Gasteiger partial charge in [-0.2, -0.15) is 8.78 Å². The van der Waals surface area contributed by atoms with Crippen LogP contribution in [0.2, 0.25) is 0 Å². The van der Waals surface area contributed by atoms with Crippen LogP contribution in [0, 0.1) is 0 Å². The molecule has 0 saturated carbocycles. The van der Waals surface area contributed by atoms with Gasteiger partial charge in [-0.3, -0.25) is 0 Å². The van der Waals surface area contributed by atoms with E-state index in [1.54, 1.807) is 24.4 Å². The molecule has 0 unspecified atom stereocenters. The Morgan fingerprint density at radius 3 is 2.55 bits per heavy atom. The van der Waals surface area contributed by atoms with Crippen molar-refractivity contribution >= 4 is 5.65 Å². The Hall–Kier alpha value is -3.52. The summed E-state index contributed by atoms with van der Waals surface area (Å²) in [7, 11) is 0. The largest absolute Gasteiger partial charge is 0.475 e. The third-order valence-corrected chi connectivity index (χ3v) is 5.73. The number of aliphatic hydroxyl groups excluding tert-OH is 1. The van der Waals surface area contributed by atoms with Gasteiger partial charge in [0.1, 0.15) is 11.4 Å². The van der Waals surface area contributed by atoms with E-state index in [2.05, 4.69) is 9.97 Å². The molecule has 5 rings (SSSR count). The molecule has 1 aliphatic carbocycles. The second-order valence-corrected chi connectivity index (χ2v) is 8.30. The molecule has 1 N–H and O–H groups in total. The Morgan fingerprint density at radius 1 is 1.03 bits per heavy atom. The number of imidazole rings is 1. The summed E-state index contributed by atoms with van der Waals surface area (Å²) in [4.78, 5) is 8.99. The first-order valence-electron chi connectivity index (χ1n) is 10.8. The van der Waals surface area contributed by atoms with Crippen molar-refractivity contribution in [1.82, 2.24) is 14.4 Å². The lowest BCUT2D eigenvalue weighted by atomic mass is 9.95. The highest BCUT2D eigenvalue weighted by atomic mass is 19.3. The van der Waals surface area contributed by atoms with Crippen molar-refractivity contribution in [3.05, 3.63) is 77.9 Å². The molecule has 1 aromatic carbocycles. The van der Waals surface area contributed by atoms with Gasteiger partial charge in [-0.15, -0.1) is 0 Å². The summed E-state index contributed by atoms with van der Waals surface area (Å²) < 4.78 is 38.3. The van der Waals surface area contributed by atoms with Crippen LogP contribution in [0.4, 0.5) is 8.78 Å². The number of hydrogen-bond donors (Lipinski definition) is 1. The molecule has 1 aliphatic rings. The Balaban J connectivity index is 1.57. The fraction of sp³-hybridized carbons (Fsp3) is 0.280. The number of halogens is 2. The molecular formula is C25H23F2N3O3. The summed E-state index contributed by atoms with van der Waals surface area (Å²) in [6.07, 6.45) is 3.27. The van der Waals surface area contributed by atoms with E-state index in [-0.39, 0.29) is 17.8 Å². The molecule has 0 bridgehead atoms. The van der Waals surface area contributed by atoms with Gasteiger partial charge in [0, 0.05) is 41.1 Å². The number of aromatic nitrogens is 3. The molecular weight excluding hydrogens is 428 g/mol. The Morgan fingerprint density at radius 2 is 1.82 bits per heavy atom. The third kappa shape index (κ3) is 4.02. The average molecular weight is 451 g/mol. The number of alkyl halides is 2. The van der Waals surface area contributed by atoms with E-state index in [9.17, 15) is 13.9 Å². The van der Waals surface area contributed by atoms with Crippen molar-refractivity contribution in [2.75, 3.05) is 0 Å². The number of nitrogens with zero attached hydrogens (tertiary/aromatic N) is 3. The topological polar surface area (TPSA) is 68.9 Å². The minimum atomic E-state index is -2.93. The highest BCUT2D eigenvalue weighted by Crippen LogP contribution is 2.47. The molecule has 0 fully saturated rings. The number of hydrogen-bond acceptors (Lipinski definition) is 5. The summed E-state index contributed by atoms with van der Waals surface area (Å²) in [5.74, 6) is 0.320. The quantitative estimate of drug-likeness (QED) is 0.428. The van der Waals surface area contributed by atoms with E-state index in [1.807, 2.05) is 48.7 Å². The van der Waals surface area contributed by atoms with Crippen molar-refractivity contribution in [3.8, 4) is 22.8 Å². The van der Waals surface area contributed by atoms with Crippen molar-refractivity contribution in [2.24, 2.45) is 0 Å². The number of pyridine rings is 2. The molecule has 6 nitrogen and oxygen atoms in total. The summed E-state index contributed by atoms with van der Waals surface area (Å²) in [5.41, 5.74) is 4.41. The first-order chi connectivity index (χ1) is 15.9. The lowest BCUT2D eigenvalue weighted by molar-refractivity contribution is -0.0506. The zero-order valence-electron chi connectivity index (χ0n) is 18.2. The maximum absolute atomic E-state index is 13.0. The molecule has 3 heterocycles. The lowest BCUT2D eigenvalue weighted by Crippen LogP contribution is -2.08. The van der Waals surface area contributed by atoms with Crippen LogP contribution < -0.4 is 9.47 Å². The highest BCUT2D eigenvalue weighted by molar-refractivity contribution is 5.65. The minimum absolute atomic E-state index is 0.0357. The monoisotopic (exact) mass is 451 g/mol. The fourth-order valence-electron chi connectivity index (χ4n) is 4.40. The lowest BCUT2D eigenvalue weighted by Gasteiger charge is -2.17. The van der Waals surface area contributed by atoms with Crippen molar-refractivity contribution < 1.29 is 23.4 Å². The molecule has 4 aromatic rings. The molecule has 170 valence electrons. The van der Waals surface area contributed by atoms with Crippen molar-refractivity contribution in [2.45, 2.75) is 45.0 Å². The van der Waals surface area contributed by atoms with Gasteiger partial charge < -0.3 is 19.0 Å². The molecule has 0 amide bonds. The molecule has 33 heavy (non-hydrogen) atoms. The molecule has 8 heteroatoms. The Labute approximate surface area is 189 Å². The van der Waals surface area contributed by atoms with E-state index in [1.165, 1.54) is 6.07 Å². The van der Waals surface area contributed by atoms with Gasteiger partial charge in [-0.1, -0.05) is 18.2 Å². The van der Waals surface area contributed by atoms with Gasteiger partial charge >= 0.3 is 6.61 Å². The molecule has 0 spiro atoms. The zero-order chi connectivity index (χ0) is 23.1. The van der Waals surface area contributed by atoms with Crippen LogP contribution >= 0.6 is 0 Å². The SMILES string of the molecule is CC(C)Oc1ccc(-c2ccc3nc4c(n3c2)[C@@H](c2ccccc2OC(F)F)C[C@H]4O)cn1. The van der Waals surface area contributed by atoms with Crippen molar-refractivity contribution in [1.29, 1.82) is 0 Å². The Bertz CT molecular complexity index is 1290. The van der Waals surface area contributed by atoms with E-state index in [0.29, 0.717) is 29.2 Å². The van der Waals surface area contributed by atoms with Crippen LogP contribution in [-0.4, -0.2) is 32.2 Å². The normalized spacial score (nSPS) is 17.7. The molecule has 3 aromatic heterocycles. The van der Waals surface area contributed by atoms with Crippen LogP contribution in [0.1, 0.15) is 49.2 Å². The van der Waals surface area contributed by atoms with Crippen LogP contribution in [0.5, 0.6) is 11.6 Å². The molecule has 0 radical (unpaired) electrons. The number of benzene rings is 1. The predicted molar refractivity (Wildman–Crippen MR) is 119 cm³/mol. The molecule has 0 saturated heterocycles. The molecule has 2 atom stereocenters. The van der Waals surface area contributed by atoms with Gasteiger partial charge in [0.2, 0.25) is 5.88 Å². The second kappa shape index (κ2) is 8.44. The smallest absolute Gasteiger partial charge is 0.387 e. The summed E-state index contributed by atoms with van der Waals surface area (Å²) >= 11 is 0. The zero-order valence-corrected chi connectivity index (χ0v) is 18.2. The number of para-hydroxylation sites is 1. The summed E-state index contributed by atoms with van der Waals surface area (Å²) in [5, 5.41) is 10.7. The predicted octanol–water partition coefficient (Wildman–Crippen LogP) is 5.35. The first kappa shape index (κ1) is 21.3. The van der Waals surface area contributed by atoms with Crippen molar-refractivity contribution in [3.63, 3.8) is 0 Å². The van der Waals surface area contributed by atoms with Crippen LogP contribution in [0.15, 0.2) is 60.9 Å². The van der Waals surface area contributed by atoms with Crippen LogP contribution in [0.25, 0.3) is 16.8 Å². The standard InChI is InChI=1S/C25H23F2N3O3/c1-14(2)32-22-10-8-15(12-28-22)16-7-9-21-29-23-19(31)11-18(24(23)30(21)13-16)17-5-3-4-6-20(17)33-25(26)27/h3-10,12-14,18-19,25,31H,11H2,1-2H3/t18-,19-/m1/s1. The second-order valence-electron chi connectivity index (χ2n) is 8.30. The Kier molecular flexibility index (Phi) is 5.46. The first-order valence-corrected chi connectivity index (χ1v) is 10.8. The van der Waals surface area contributed by atoms with Gasteiger partial charge in [-0.25, -0.2) is 9.97 Å². The van der Waals surface area contributed by atoms with Crippen LogP contribution in [0.3, 0.4) is 0 Å². The number of rotatable bonds is 6. The van der Waals surface area contributed by atoms with E-state index >= 15 is 0 Å². The maximum Gasteiger partial charge on any atom is 0.387 e.